The summed E-state index contributed by atoms with van der Waals surface area (Å²) >= 11 is 0. The molecule has 0 spiro atoms. The number of esters is 1. The van der Waals surface area contributed by atoms with Crippen molar-refractivity contribution in [2.75, 3.05) is 13.7 Å². The number of methoxy groups -OCH3 is 1. The van der Waals surface area contributed by atoms with Crippen LogP contribution in [0, 0.1) is 0 Å². The van der Waals surface area contributed by atoms with Gasteiger partial charge >= 0.3 is 5.97 Å². The fraction of sp³-hybridized carbons (Fsp3) is 0.786. The maximum atomic E-state index is 11.2. The summed E-state index contributed by atoms with van der Waals surface area (Å²) in [4.78, 5) is 11.2. The van der Waals surface area contributed by atoms with Crippen LogP contribution in [0.5, 0.6) is 0 Å². The molecule has 0 aromatic rings. The van der Waals surface area contributed by atoms with Gasteiger partial charge in [-0.1, -0.05) is 12.5 Å². The van der Waals surface area contributed by atoms with Gasteiger partial charge in [-0.2, -0.15) is 0 Å². The highest BCUT2D eigenvalue weighted by molar-refractivity contribution is 5.82. The first kappa shape index (κ1) is 13.6. The van der Waals surface area contributed by atoms with Crippen molar-refractivity contribution in [3.05, 3.63) is 12.2 Å². The Morgan fingerprint density at radius 2 is 2.39 bits per heavy atom. The molecular weight excluding hydrogens is 230 g/mol. The first-order valence-corrected chi connectivity index (χ1v) is 6.91. The first-order valence-electron chi connectivity index (χ1n) is 6.91. The average molecular weight is 253 g/mol. The van der Waals surface area contributed by atoms with Crippen molar-refractivity contribution in [1.82, 2.24) is 5.32 Å². The van der Waals surface area contributed by atoms with E-state index in [1.165, 1.54) is 25.3 Å². The molecule has 0 bridgehead atoms. The molecule has 0 amide bonds. The topological polar surface area (TPSA) is 47.6 Å². The van der Waals surface area contributed by atoms with Crippen LogP contribution in [0.1, 0.15) is 38.5 Å². The van der Waals surface area contributed by atoms with Gasteiger partial charge in [-0.15, -0.1) is 0 Å². The van der Waals surface area contributed by atoms with Gasteiger partial charge in [0.05, 0.1) is 6.10 Å². The number of hydrogen-bond acceptors (Lipinski definition) is 4. The third kappa shape index (κ3) is 4.10. The van der Waals surface area contributed by atoms with E-state index in [9.17, 15) is 4.79 Å². The minimum atomic E-state index is -0.225. The normalized spacial score (nSPS) is 29.9. The summed E-state index contributed by atoms with van der Waals surface area (Å²) in [5.41, 5.74) is 0. The Hall–Kier alpha value is -0.870. The van der Waals surface area contributed by atoms with Gasteiger partial charge in [-0.3, -0.25) is 0 Å². The van der Waals surface area contributed by atoms with Gasteiger partial charge < -0.3 is 14.8 Å². The van der Waals surface area contributed by atoms with Crippen LogP contribution in [0.2, 0.25) is 0 Å². The third-order valence-electron chi connectivity index (χ3n) is 3.75. The highest BCUT2D eigenvalue weighted by Gasteiger charge is 2.24. The number of carbonyl (C=O) groups excluding carboxylic acids is 1. The minimum Gasteiger partial charge on any atom is -0.459 e. The molecule has 3 atom stereocenters. The first-order chi connectivity index (χ1) is 8.78. The zero-order chi connectivity index (χ0) is 12.8. The van der Waals surface area contributed by atoms with E-state index < -0.39 is 0 Å². The van der Waals surface area contributed by atoms with Crippen LogP contribution in [0.25, 0.3) is 0 Å². The van der Waals surface area contributed by atoms with Crippen molar-refractivity contribution in [3.8, 4) is 0 Å². The monoisotopic (exact) mass is 253 g/mol. The van der Waals surface area contributed by atoms with E-state index in [1.54, 1.807) is 7.11 Å². The molecule has 2 aliphatic rings. The molecule has 0 aromatic heterocycles. The number of rotatable bonds is 5. The predicted molar refractivity (Wildman–Crippen MR) is 69.3 cm³/mol. The van der Waals surface area contributed by atoms with Crippen molar-refractivity contribution in [1.29, 1.82) is 0 Å². The Morgan fingerprint density at radius 1 is 1.50 bits per heavy atom. The molecule has 1 N–H and O–H groups in total. The molecular formula is C14H23NO3. The standard InChI is InChI=1S/C14H23NO3/c1-17-13(9-11-5-2-3-8-15-11)10-12-6-4-7-14(16)18-12/h4,7,11-13,15H,2-3,5-6,8-10H2,1H3/t11-,12+,13-/m1/s1. The molecule has 0 unspecified atom stereocenters. The number of piperidine rings is 1. The van der Waals surface area contributed by atoms with E-state index >= 15 is 0 Å². The number of carbonyl (C=O) groups is 1. The molecule has 0 radical (unpaired) electrons. The fourth-order valence-electron chi connectivity index (χ4n) is 2.74. The van der Waals surface area contributed by atoms with Crippen LogP contribution < -0.4 is 5.32 Å². The van der Waals surface area contributed by atoms with Crippen molar-refractivity contribution < 1.29 is 14.3 Å². The molecule has 0 aliphatic carbocycles. The third-order valence-corrected chi connectivity index (χ3v) is 3.75. The largest absolute Gasteiger partial charge is 0.459 e. The zero-order valence-electron chi connectivity index (χ0n) is 11.1. The second-order valence-corrected chi connectivity index (χ2v) is 5.17. The molecule has 2 heterocycles. The van der Waals surface area contributed by atoms with E-state index in [1.807, 2.05) is 6.08 Å². The lowest BCUT2D eigenvalue weighted by Crippen LogP contribution is -2.38. The lowest BCUT2D eigenvalue weighted by molar-refractivity contribution is -0.145. The summed E-state index contributed by atoms with van der Waals surface area (Å²) < 4.78 is 10.8. The SMILES string of the molecule is CO[C@H](C[C@H]1CCCCN1)C[C@@H]1CC=CC(=O)O1. The Labute approximate surface area is 109 Å². The second kappa shape index (κ2) is 6.90. The van der Waals surface area contributed by atoms with Gasteiger partial charge in [-0.25, -0.2) is 4.79 Å². The number of nitrogens with one attached hydrogen (secondary N) is 1. The van der Waals surface area contributed by atoms with E-state index in [0.29, 0.717) is 6.04 Å². The maximum Gasteiger partial charge on any atom is 0.330 e. The van der Waals surface area contributed by atoms with Gasteiger partial charge in [0.2, 0.25) is 0 Å². The molecule has 1 saturated heterocycles. The van der Waals surface area contributed by atoms with Crippen LogP contribution in [0.3, 0.4) is 0 Å². The molecule has 2 rings (SSSR count). The van der Waals surface area contributed by atoms with Crippen molar-refractivity contribution in [2.45, 2.75) is 56.8 Å². The quantitative estimate of drug-likeness (QED) is 0.759. The molecule has 2 aliphatic heterocycles. The molecule has 1 fully saturated rings. The molecule has 4 heteroatoms. The molecule has 18 heavy (non-hydrogen) atoms. The molecule has 102 valence electrons. The lowest BCUT2D eigenvalue weighted by Gasteiger charge is -2.29. The number of hydrogen-bond donors (Lipinski definition) is 1. The van der Waals surface area contributed by atoms with E-state index in [-0.39, 0.29) is 18.2 Å². The summed E-state index contributed by atoms with van der Waals surface area (Å²) in [7, 11) is 1.74. The minimum absolute atomic E-state index is 0.0176. The maximum absolute atomic E-state index is 11.2. The van der Waals surface area contributed by atoms with Crippen molar-refractivity contribution in [2.24, 2.45) is 0 Å². The summed E-state index contributed by atoms with van der Waals surface area (Å²) in [5.74, 6) is -0.225. The van der Waals surface area contributed by atoms with Crippen LogP contribution in [0.15, 0.2) is 12.2 Å². The summed E-state index contributed by atoms with van der Waals surface area (Å²) in [6.45, 7) is 1.11. The van der Waals surface area contributed by atoms with E-state index in [0.717, 1.165) is 25.8 Å². The van der Waals surface area contributed by atoms with E-state index in [4.69, 9.17) is 9.47 Å². The lowest BCUT2D eigenvalue weighted by atomic mass is 9.95. The zero-order valence-corrected chi connectivity index (χ0v) is 11.1. The average Bonchev–Trinajstić information content (AvgIpc) is 2.39. The van der Waals surface area contributed by atoms with Crippen molar-refractivity contribution in [3.63, 3.8) is 0 Å². The highest BCUT2D eigenvalue weighted by atomic mass is 16.5. The Morgan fingerprint density at radius 3 is 3.06 bits per heavy atom. The van der Waals surface area contributed by atoms with Crippen LogP contribution in [-0.4, -0.2) is 37.9 Å². The van der Waals surface area contributed by atoms with Crippen LogP contribution >= 0.6 is 0 Å². The Bertz CT molecular complexity index is 297. The summed E-state index contributed by atoms with van der Waals surface area (Å²) in [6.07, 6.45) is 9.96. The number of ether oxygens (including phenoxy) is 2. The predicted octanol–water partition coefficient (Wildman–Crippen LogP) is 1.80. The highest BCUT2D eigenvalue weighted by Crippen LogP contribution is 2.20. The Balaban J connectivity index is 1.77. The molecule has 0 saturated carbocycles. The van der Waals surface area contributed by atoms with Gasteiger partial charge in [0.25, 0.3) is 0 Å². The van der Waals surface area contributed by atoms with Gasteiger partial charge in [0.1, 0.15) is 6.10 Å². The number of cyclic esters (lactones) is 1. The van der Waals surface area contributed by atoms with E-state index in [2.05, 4.69) is 5.32 Å². The summed E-state index contributed by atoms with van der Waals surface area (Å²) in [5, 5.41) is 3.53. The van der Waals surface area contributed by atoms with Crippen molar-refractivity contribution >= 4 is 5.97 Å². The van der Waals surface area contributed by atoms with Gasteiger partial charge in [0, 0.05) is 32.1 Å². The smallest absolute Gasteiger partial charge is 0.330 e. The van der Waals surface area contributed by atoms with Gasteiger partial charge in [-0.05, 0) is 25.8 Å². The summed E-state index contributed by atoms with van der Waals surface area (Å²) in [6, 6.07) is 0.554. The molecule has 4 nitrogen and oxygen atoms in total. The van der Waals surface area contributed by atoms with Crippen LogP contribution in [0.4, 0.5) is 0 Å². The van der Waals surface area contributed by atoms with Gasteiger partial charge in [0.15, 0.2) is 0 Å². The fourth-order valence-corrected chi connectivity index (χ4v) is 2.74. The molecule has 0 aromatic carbocycles. The Kier molecular flexibility index (Phi) is 5.20. The second-order valence-electron chi connectivity index (χ2n) is 5.17. The van der Waals surface area contributed by atoms with Crippen LogP contribution in [-0.2, 0) is 14.3 Å².